The van der Waals surface area contributed by atoms with Crippen LogP contribution in [0.4, 0.5) is 0 Å². The molecular formula is C83H51N10OP. The first-order valence-electron chi connectivity index (χ1n) is 31.8. The van der Waals surface area contributed by atoms with Gasteiger partial charge in [0.25, 0.3) is 0 Å². The lowest BCUT2D eigenvalue weighted by molar-refractivity contribution is 0.592. The number of aromatic nitrogens is 10. The molecule has 20 rings (SSSR count). The fraction of sp³-hybridized carbons (Fsp3) is 0. The summed E-state index contributed by atoms with van der Waals surface area (Å²) in [6.07, 6.45) is 0. The van der Waals surface area contributed by atoms with E-state index in [0.29, 0.717) is 5.95 Å². The van der Waals surface area contributed by atoms with Crippen molar-refractivity contribution in [3.63, 3.8) is 0 Å². The molecule has 0 bridgehead atoms. The molecule has 7 aromatic heterocycles. The Labute approximate surface area is 542 Å². The van der Waals surface area contributed by atoms with Gasteiger partial charge in [0, 0.05) is 59.5 Å². The van der Waals surface area contributed by atoms with Gasteiger partial charge in [-0.15, -0.1) is 0 Å². The van der Waals surface area contributed by atoms with Crippen molar-refractivity contribution in [2.75, 3.05) is 0 Å². The fourth-order valence-electron chi connectivity index (χ4n) is 14.8. The minimum Gasteiger partial charge on any atom is -0.309 e. The van der Waals surface area contributed by atoms with Gasteiger partial charge in [-0.3, -0.25) is 22.5 Å². The largest absolute Gasteiger partial charge is 0.309 e. The zero-order valence-corrected chi connectivity index (χ0v) is 51.7. The summed E-state index contributed by atoms with van der Waals surface area (Å²) in [5.74, 6) is 2.35. The molecule has 13 aromatic carbocycles. The number of imidazole rings is 3. The molecule has 0 radical (unpaired) electrons. The van der Waals surface area contributed by atoms with Crippen molar-refractivity contribution in [3.05, 3.63) is 309 Å². The lowest BCUT2D eigenvalue weighted by atomic mass is 10.0. The van der Waals surface area contributed by atoms with Crippen LogP contribution in [0.2, 0.25) is 0 Å². The fourth-order valence-corrected chi connectivity index (χ4v) is 17.4. The predicted molar refractivity (Wildman–Crippen MR) is 389 cm³/mol. The predicted octanol–water partition coefficient (Wildman–Crippen LogP) is 18.6. The molecule has 0 amide bonds. The standard InChI is InChI=1S/C83H51N10OP/c94-95(58-22-6-2-7-23-58,59-24-8-3-9-25-59)60-43-47-75-65(51-60)62-27-12-17-33-73(62)91(75)83-88-68-44-40-55(49-66(68)81-85-70-31-15-19-35-77(70)93(81)83)56-42-46-78-71(50-56)86-79(89(78)57-20-4-1-5-21-57)53-38-36-52(37-39-53)54-41-45-74-64(48-54)61-26-11-16-32-72(61)90(74)82-87-67-29-13-10-28-63(67)80-84-69-30-14-18-34-76(69)92(80)82/h1-51H. The van der Waals surface area contributed by atoms with Crippen molar-refractivity contribution in [1.82, 2.24) is 47.4 Å². The Morgan fingerprint density at radius 3 is 1.28 bits per heavy atom. The molecule has 0 unspecified atom stereocenters. The molecule has 20 aromatic rings. The van der Waals surface area contributed by atoms with E-state index in [4.69, 9.17) is 24.9 Å². The van der Waals surface area contributed by atoms with Crippen LogP contribution >= 0.6 is 7.14 Å². The molecule has 12 heteroatoms. The third-order valence-electron chi connectivity index (χ3n) is 19.2. The molecule has 0 fully saturated rings. The van der Waals surface area contributed by atoms with Crippen LogP contribution in [0.15, 0.2) is 309 Å². The minimum absolute atomic E-state index is 0.710. The highest BCUT2D eigenvalue weighted by Crippen LogP contribution is 2.45. The maximum Gasteiger partial charge on any atom is 0.221 e. The number of nitrogens with zero attached hydrogens (tertiary/aromatic N) is 10. The summed E-state index contributed by atoms with van der Waals surface area (Å²) in [4.78, 5) is 27.0. The average Bonchev–Trinajstić information content (AvgIpc) is 1.59. The second kappa shape index (κ2) is 20.5. The quantitative estimate of drug-likeness (QED) is 0.133. The zero-order chi connectivity index (χ0) is 62.5. The van der Waals surface area contributed by atoms with E-state index in [-0.39, 0.29) is 0 Å². The van der Waals surface area contributed by atoms with Crippen molar-refractivity contribution in [3.8, 4) is 51.2 Å². The van der Waals surface area contributed by atoms with Crippen molar-refractivity contribution >= 4 is 133 Å². The SMILES string of the molecule is O=P(c1ccccc1)(c1ccccc1)c1ccc2c(c1)c1ccccc1n2-c1nc2ccc(-c3ccc4c(c3)nc(-c3ccc(-c5ccc6c(c5)c5ccccc5n6-c5nc6ccccc6c6nc7ccccc7n56)cc3)n4-c3ccccc3)cc2c2nc3ccccc3n12. The third-order valence-corrected chi connectivity index (χ3v) is 22.2. The molecule has 0 N–H and O–H groups in total. The maximum atomic E-state index is 15.8. The summed E-state index contributed by atoms with van der Waals surface area (Å²) in [6.45, 7) is 0. The third kappa shape index (κ3) is 7.94. The van der Waals surface area contributed by atoms with E-state index in [1.54, 1.807) is 0 Å². The van der Waals surface area contributed by atoms with Gasteiger partial charge in [-0.2, -0.15) is 0 Å². The Morgan fingerprint density at radius 1 is 0.242 bits per heavy atom. The van der Waals surface area contributed by atoms with Gasteiger partial charge >= 0.3 is 0 Å². The van der Waals surface area contributed by atoms with Crippen LogP contribution in [-0.2, 0) is 4.57 Å². The average molecular weight is 1240 g/mol. The summed E-state index contributed by atoms with van der Waals surface area (Å²) in [5.41, 5.74) is 19.3. The van der Waals surface area contributed by atoms with E-state index in [9.17, 15) is 0 Å². The Bertz CT molecular complexity index is 6580. The van der Waals surface area contributed by atoms with Gasteiger partial charge in [-0.1, -0.05) is 194 Å². The first-order valence-corrected chi connectivity index (χ1v) is 33.5. The van der Waals surface area contributed by atoms with Gasteiger partial charge in [0.05, 0.1) is 66.2 Å². The van der Waals surface area contributed by atoms with Gasteiger partial charge in [-0.05, 0) is 138 Å². The second-order valence-electron chi connectivity index (χ2n) is 24.4. The Morgan fingerprint density at radius 2 is 0.663 bits per heavy atom. The van der Waals surface area contributed by atoms with Crippen LogP contribution in [0.25, 0.3) is 161 Å². The van der Waals surface area contributed by atoms with Gasteiger partial charge < -0.3 is 4.57 Å². The smallest absolute Gasteiger partial charge is 0.221 e. The van der Waals surface area contributed by atoms with E-state index in [0.717, 1.165) is 171 Å². The summed E-state index contributed by atoms with van der Waals surface area (Å²) in [7, 11) is -3.28. The molecule has 0 saturated heterocycles. The van der Waals surface area contributed by atoms with Crippen LogP contribution < -0.4 is 15.9 Å². The molecule has 7 heterocycles. The normalized spacial score (nSPS) is 12.3. The molecule has 0 aliphatic heterocycles. The molecule has 11 nitrogen and oxygen atoms in total. The minimum atomic E-state index is -3.28. The second-order valence-corrected chi connectivity index (χ2v) is 27.2. The number of fused-ring (bicyclic) bond motifs is 17. The number of benzene rings is 13. The van der Waals surface area contributed by atoms with Crippen LogP contribution in [0, 0.1) is 0 Å². The number of hydrogen-bond donors (Lipinski definition) is 0. The Kier molecular flexibility index (Phi) is 11.5. The maximum absolute atomic E-state index is 15.8. The highest BCUT2D eigenvalue weighted by Gasteiger charge is 2.31. The topological polar surface area (TPSA) is 105 Å². The van der Waals surface area contributed by atoms with Crippen molar-refractivity contribution in [1.29, 1.82) is 0 Å². The number of para-hydroxylation sites is 8. The van der Waals surface area contributed by atoms with Crippen molar-refractivity contribution in [2.24, 2.45) is 0 Å². The van der Waals surface area contributed by atoms with Gasteiger partial charge in [0.1, 0.15) is 17.1 Å². The molecule has 95 heavy (non-hydrogen) atoms. The molecule has 0 saturated carbocycles. The molecule has 0 aliphatic rings. The number of hydrogen-bond acceptors (Lipinski definition) is 6. The number of rotatable bonds is 9. The molecular weight excluding hydrogens is 1180 g/mol. The zero-order valence-electron chi connectivity index (χ0n) is 50.8. The Balaban J connectivity index is 0.689. The van der Waals surface area contributed by atoms with Crippen LogP contribution in [0.1, 0.15) is 0 Å². The highest BCUT2D eigenvalue weighted by molar-refractivity contribution is 7.85. The van der Waals surface area contributed by atoms with Gasteiger partial charge in [0.2, 0.25) is 11.9 Å². The van der Waals surface area contributed by atoms with E-state index in [2.05, 4.69) is 247 Å². The monoisotopic (exact) mass is 1230 g/mol. The van der Waals surface area contributed by atoms with E-state index in [1.807, 2.05) is 84.9 Å². The van der Waals surface area contributed by atoms with Crippen LogP contribution in [0.5, 0.6) is 0 Å². The highest BCUT2D eigenvalue weighted by atomic mass is 31.2. The molecule has 0 atom stereocenters. The summed E-state index contributed by atoms with van der Waals surface area (Å²) in [6, 6.07) is 107. The lowest BCUT2D eigenvalue weighted by Crippen LogP contribution is -2.24. The van der Waals surface area contributed by atoms with Gasteiger partial charge in [0.15, 0.2) is 7.14 Å². The first kappa shape index (κ1) is 53.1. The van der Waals surface area contributed by atoms with Gasteiger partial charge in [-0.25, -0.2) is 24.9 Å². The lowest BCUT2D eigenvalue weighted by Gasteiger charge is -2.20. The van der Waals surface area contributed by atoms with E-state index in [1.165, 1.54) is 0 Å². The van der Waals surface area contributed by atoms with Crippen molar-refractivity contribution in [2.45, 2.75) is 0 Å². The Hall–Kier alpha value is -12.6. The molecule has 0 spiro atoms. The molecule has 0 aliphatic carbocycles. The van der Waals surface area contributed by atoms with Crippen LogP contribution in [-0.4, -0.2) is 47.4 Å². The van der Waals surface area contributed by atoms with E-state index < -0.39 is 7.14 Å². The summed E-state index contributed by atoms with van der Waals surface area (Å²) >= 11 is 0. The molecule has 444 valence electrons. The first-order chi connectivity index (χ1) is 47.0. The van der Waals surface area contributed by atoms with Crippen LogP contribution in [0.3, 0.4) is 0 Å². The van der Waals surface area contributed by atoms with E-state index >= 15 is 4.57 Å². The summed E-state index contributed by atoms with van der Waals surface area (Å²) < 4.78 is 27.0. The van der Waals surface area contributed by atoms with Crippen molar-refractivity contribution < 1.29 is 4.57 Å². The summed E-state index contributed by atoms with van der Waals surface area (Å²) in [5, 5.41) is 8.59.